The highest BCUT2D eigenvalue weighted by Gasteiger charge is 2.41. The fraction of sp³-hybridized carbons (Fsp3) is 0.923. The van der Waals surface area contributed by atoms with Crippen LogP contribution < -0.4 is 5.32 Å². The van der Waals surface area contributed by atoms with Crippen LogP contribution in [0.1, 0.15) is 33.6 Å². The van der Waals surface area contributed by atoms with Gasteiger partial charge < -0.3 is 15.0 Å². The molecule has 0 bridgehead atoms. The van der Waals surface area contributed by atoms with Gasteiger partial charge in [-0.05, 0) is 20.8 Å². The van der Waals surface area contributed by atoms with Crippen LogP contribution in [0.15, 0.2) is 0 Å². The monoisotopic (exact) mass is 350 g/mol. The lowest BCUT2D eigenvalue weighted by atomic mass is 10.0. The van der Waals surface area contributed by atoms with E-state index >= 15 is 0 Å². The van der Waals surface area contributed by atoms with E-state index in [1.807, 2.05) is 0 Å². The predicted molar refractivity (Wildman–Crippen MR) is 69.9 cm³/mol. The van der Waals surface area contributed by atoms with E-state index in [0.717, 1.165) is 4.90 Å². The summed E-state index contributed by atoms with van der Waals surface area (Å²) in [5, 5.41) is 2.32. The summed E-state index contributed by atoms with van der Waals surface area (Å²) >= 11 is 0. The molecule has 0 saturated carbocycles. The predicted octanol–water partition coefficient (Wildman–Crippen LogP) is 3.47. The maximum Gasteiger partial charge on any atom is 0.410 e. The number of piperazine rings is 1. The van der Waals surface area contributed by atoms with Gasteiger partial charge in [-0.3, -0.25) is 0 Å². The summed E-state index contributed by atoms with van der Waals surface area (Å²) in [5.74, 6) is 0. The number of carbonyl (C=O) groups excluding carboxylic acids is 1. The second-order valence-electron chi connectivity index (χ2n) is 6.58. The van der Waals surface area contributed by atoms with Crippen molar-refractivity contribution in [1.29, 1.82) is 0 Å². The molecule has 1 aliphatic rings. The topological polar surface area (TPSA) is 41.6 Å². The number of hydrogen-bond acceptors (Lipinski definition) is 3. The molecule has 1 rings (SSSR count). The SMILES string of the molecule is CC(C)(C)OC(=O)N1C[C@@H](CC(F)(F)F)N[C@H](CC(F)(F)F)C1. The van der Waals surface area contributed by atoms with Crippen molar-refractivity contribution in [2.45, 2.75) is 63.7 Å². The van der Waals surface area contributed by atoms with Gasteiger partial charge in [0.15, 0.2) is 0 Å². The zero-order chi connectivity index (χ0) is 18.1. The Bertz CT molecular complexity index is 392. The van der Waals surface area contributed by atoms with Crippen LogP contribution in [0.3, 0.4) is 0 Å². The summed E-state index contributed by atoms with van der Waals surface area (Å²) in [7, 11) is 0. The lowest BCUT2D eigenvalue weighted by Crippen LogP contribution is -2.60. The fourth-order valence-corrected chi connectivity index (χ4v) is 2.33. The van der Waals surface area contributed by atoms with Crippen LogP contribution in [0.25, 0.3) is 0 Å². The third kappa shape index (κ3) is 8.29. The van der Waals surface area contributed by atoms with Crippen LogP contribution in [0, 0.1) is 0 Å². The molecule has 136 valence electrons. The standard InChI is InChI=1S/C13H20F6N2O2/c1-11(2,3)23-10(22)21-6-8(4-12(14,15)16)20-9(7-21)5-13(17,18)19/h8-9,20H,4-7H2,1-3H3/t8-,9-/m1/s1. The highest BCUT2D eigenvalue weighted by Crippen LogP contribution is 2.28. The number of alkyl halides is 6. The molecule has 1 fully saturated rings. The van der Waals surface area contributed by atoms with Crippen LogP contribution >= 0.6 is 0 Å². The van der Waals surface area contributed by atoms with E-state index in [0.29, 0.717) is 0 Å². The molecule has 1 N–H and O–H groups in total. The fourth-order valence-electron chi connectivity index (χ4n) is 2.33. The number of carbonyl (C=O) groups is 1. The van der Waals surface area contributed by atoms with Crippen molar-refractivity contribution in [2.24, 2.45) is 0 Å². The molecule has 1 aliphatic heterocycles. The zero-order valence-corrected chi connectivity index (χ0v) is 13.0. The van der Waals surface area contributed by atoms with E-state index in [1.165, 1.54) is 0 Å². The van der Waals surface area contributed by atoms with Gasteiger partial charge in [0.25, 0.3) is 0 Å². The largest absolute Gasteiger partial charge is 0.444 e. The van der Waals surface area contributed by atoms with Gasteiger partial charge in [-0.1, -0.05) is 0 Å². The summed E-state index contributed by atoms with van der Waals surface area (Å²) in [6.07, 6.45) is -12.6. The van der Waals surface area contributed by atoms with Gasteiger partial charge in [0.2, 0.25) is 0 Å². The lowest BCUT2D eigenvalue weighted by Gasteiger charge is -2.39. The first-order valence-corrected chi connectivity index (χ1v) is 7.02. The van der Waals surface area contributed by atoms with Crippen LogP contribution in [0.4, 0.5) is 31.1 Å². The molecule has 23 heavy (non-hydrogen) atoms. The van der Waals surface area contributed by atoms with Gasteiger partial charge in [0, 0.05) is 25.2 Å². The van der Waals surface area contributed by atoms with Crippen LogP contribution in [0.5, 0.6) is 0 Å². The summed E-state index contributed by atoms with van der Waals surface area (Å²) in [6.45, 7) is 3.97. The highest BCUT2D eigenvalue weighted by atomic mass is 19.4. The Hall–Kier alpha value is -1.19. The quantitative estimate of drug-likeness (QED) is 0.776. The molecule has 0 radical (unpaired) electrons. The van der Waals surface area contributed by atoms with Crippen molar-refractivity contribution in [3.05, 3.63) is 0 Å². The molecular formula is C13H20F6N2O2. The molecule has 0 aliphatic carbocycles. The number of halogens is 6. The van der Waals surface area contributed by atoms with Gasteiger partial charge in [-0.15, -0.1) is 0 Å². The first-order valence-electron chi connectivity index (χ1n) is 7.02. The average molecular weight is 350 g/mol. The Morgan fingerprint density at radius 3 is 1.70 bits per heavy atom. The first kappa shape index (κ1) is 19.9. The third-order valence-electron chi connectivity index (χ3n) is 2.96. The van der Waals surface area contributed by atoms with Crippen molar-refractivity contribution in [3.8, 4) is 0 Å². The van der Waals surface area contributed by atoms with Gasteiger partial charge >= 0.3 is 18.4 Å². The zero-order valence-electron chi connectivity index (χ0n) is 13.0. The molecule has 2 atom stereocenters. The summed E-state index contributed by atoms with van der Waals surface area (Å²) in [6, 6.07) is -2.60. The smallest absolute Gasteiger partial charge is 0.410 e. The van der Waals surface area contributed by atoms with Gasteiger partial charge in [0.1, 0.15) is 5.60 Å². The maximum absolute atomic E-state index is 12.5. The molecular weight excluding hydrogens is 330 g/mol. The van der Waals surface area contributed by atoms with Crippen molar-refractivity contribution >= 4 is 6.09 Å². The Morgan fingerprint density at radius 1 is 1.00 bits per heavy atom. The van der Waals surface area contributed by atoms with Gasteiger partial charge in [0.05, 0.1) is 12.8 Å². The van der Waals surface area contributed by atoms with Crippen molar-refractivity contribution in [1.82, 2.24) is 10.2 Å². The number of hydrogen-bond donors (Lipinski definition) is 1. The van der Waals surface area contributed by atoms with E-state index in [2.05, 4.69) is 5.32 Å². The summed E-state index contributed by atoms with van der Waals surface area (Å²) in [5.41, 5.74) is -0.888. The normalized spacial score (nSPS) is 23.8. The van der Waals surface area contributed by atoms with E-state index in [4.69, 9.17) is 4.74 Å². The Labute approximate surface area is 130 Å². The molecule has 1 heterocycles. The molecule has 0 spiro atoms. The van der Waals surface area contributed by atoms with E-state index in [1.54, 1.807) is 20.8 Å². The molecule has 0 unspecified atom stereocenters. The molecule has 4 nitrogen and oxygen atoms in total. The van der Waals surface area contributed by atoms with Crippen LogP contribution in [0.2, 0.25) is 0 Å². The molecule has 0 aromatic heterocycles. The van der Waals surface area contributed by atoms with Crippen molar-refractivity contribution in [2.75, 3.05) is 13.1 Å². The molecule has 0 aromatic rings. The second kappa shape index (κ2) is 6.74. The number of rotatable bonds is 2. The summed E-state index contributed by atoms with van der Waals surface area (Å²) < 4.78 is 80.1. The van der Waals surface area contributed by atoms with Gasteiger partial charge in [-0.25, -0.2) is 4.79 Å². The minimum Gasteiger partial charge on any atom is -0.444 e. The number of nitrogens with zero attached hydrogens (tertiary/aromatic N) is 1. The Morgan fingerprint density at radius 2 is 1.39 bits per heavy atom. The second-order valence-corrected chi connectivity index (χ2v) is 6.58. The van der Waals surface area contributed by atoms with Crippen molar-refractivity contribution in [3.63, 3.8) is 0 Å². The molecule has 0 aromatic carbocycles. The average Bonchev–Trinajstić information content (AvgIpc) is 2.20. The van der Waals surface area contributed by atoms with Crippen LogP contribution in [-0.4, -0.2) is 54.1 Å². The lowest BCUT2D eigenvalue weighted by molar-refractivity contribution is -0.152. The molecule has 1 amide bonds. The third-order valence-corrected chi connectivity index (χ3v) is 2.96. The van der Waals surface area contributed by atoms with Crippen molar-refractivity contribution < 1.29 is 35.9 Å². The number of amides is 1. The Kier molecular flexibility index (Phi) is 5.82. The first-order chi connectivity index (χ1) is 10.1. The number of ether oxygens (including phenoxy) is 1. The summed E-state index contributed by atoms with van der Waals surface area (Å²) in [4.78, 5) is 12.8. The van der Waals surface area contributed by atoms with E-state index < -0.39 is 49.0 Å². The van der Waals surface area contributed by atoms with E-state index in [-0.39, 0.29) is 13.1 Å². The minimum absolute atomic E-state index is 0.358. The van der Waals surface area contributed by atoms with Crippen LogP contribution in [-0.2, 0) is 4.74 Å². The van der Waals surface area contributed by atoms with Gasteiger partial charge in [-0.2, -0.15) is 26.3 Å². The minimum atomic E-state index is -4.54. The highest BCUT2D eigenvalue weighted by molar-refractivity contribution is 5.68. The number of nitrogens with one attached hydrogen (secondary N) is 1. The molecule has 10 heteroatoms. The Balaban J connectivity index is 2.82. The maximum atomic E-state index is 12.5. The molecule has 1 saturated heterocycles. The van der Waals surface area contributed by atoms with E-state index in [9.17, 15) is 31.1 Å².